The zero-order chi connectivity index (χ0) is 11.3. The molecular formula is C11H19ClN2O2. The third-order valence-corrected chi connectivity index (χ3v) is 2.32. The lowest BCUT2D eigenvalue weighted by atomic mass is 10.0. The summed E-state index contributed by atoms with van der Waals surface area (Å²) in [6, 6.07) is 5.52. The summed E-state index contributed by atoms with van der Waals surface area (Å²) >= 11 is 0. The normalized spacial score (nSPS) is 11.5. The molecule has 0 aliphatic rings. The van der Waals surface area contributed by atoms with Gasteiger partial charge in [-0.1, -0.05) is 6.07 Å². The summed E-state index contributed by atoms with van der Waals surface area (Å²) in [6.07, 6.45) is 0.739. The van der Waals surface area contributed by atoms with Crippen molar-refractivity contribution in [1.82, 2.24) is 0 Å². The van der Waals surface area contributed by atoms with Crippen LogP contribution < -0.4 is 20.9 Å². The van der Waals surface area contributed by atoms with Crippen molar-refractivity contribution < 1.29 is 9.47 Å². The van der Waals surface area contributed by atoms with Crippen LogP contribution in [0.1, 0.15) is 18.0 Å². The molecule has 0 radical (unpaired) electrons. The molecule has 0 aliphatic carbocycles. The Morgan fingerprint density at radius 1 is 1.25 bits per heavy atom. The van der Waals surface area contributed by atoms with Crippen LogP contribution in [0.25, 0.3) is 0 Å². The first-order valence-corrected chi connectivity index (χ1v) is 4.90. The van der Waals surface area contributed by atoms with Crippen LogP contribution in [0.4, 0.5) is 0 Å². The van der Waals surface area contributed by atoms with Crippen LogP contribution >= 0.6 is 12.4 Å². The van der Waals surface area contributed by atoms with E-state index in [2.05, 4.69) is 0 Å². The Labute approximate surface area is 102 Å². The maximum absolute atomic E-state index is 5.97. The molecule has 1 aromatic carbocycles. The van der Waals surface area contributed by atoms with Gasteiger partial charge in [0.15, 0.2) is 0 Å². The fourth-order valence-electron chi connectivity index (χ4n) is 1.46. The highest BCUT2D eigenvalue weighted by molar-refractivity contribution is 5.85. The molecule has 0 amide bonds. The van der Waals surface area contributed by atoms with Crippen molar-refractivity contribution in [2.45, 2.75) is 12.5 Å². The molecule has 5 heteroatoms. The van der Waals surface area contributed by atoms with Gasteiger partial charge in [0.05, 0.1) is 14.2 Å². The van der Waals surface area contributed by atoms with Crippen molar-refractivity contribution in [2.75, 3.05) is 20.8 Å². The van der Waals surface area contributed by atoms with Crippen LogP contribution in [0, 0.1) is 0 Å². The molecule has 0 aliphatic heterocycles. The van der Waals surface area contributed by atoms with Gasteiger partial charge in [0, 0.05) is 17.7 Å². The van der Waals surface area contributed by atoms with Crippen LogP contribution in [0.5, 0.6) is 11.5 Å². The summed E-state index contributed by atoms with van der Waals surface area (Å²) in [5.41, 5.74) is 12.4. The van der Waals surface area contributed by atoms with Crippen molar-refractivity contribution in [3.05, 3.63) is 23.8 Å². The van der Waals surface area contributed by atoms with Crippen LogP contribution in [0.15, 0.2) is 18.2 Å². The van der Waals surface area contributed by atoms with Crippen LogP contribution in [0.2, 0.25) is 0 Å². The Balaban J connectivity index is 0.00000225. The monoisotopic (exact) mass is 246 g/mol. The molecule has 4 nitrogen and oxygen atoms in total. The lowest BCUT2D eigenvalue weighted by Gasteiger charge is -2.15. The molecular weight excluding hydrogens is 228 g/mol. The molecule has 0 fully saturated rings. The molecule has 1 aromatic rings. The Kier molecular flexibility index (Phi) is 6.88. The van der Waals surface area contributed by atoms with E-state index in [4.69, 9.17) is 20.9 Å². The minimum atomic E-state index is -0.0872. The predicted molar refractivity (Wildman–Crippen MR) is 67.4 cm³/mol. The molecule has 1 rings (SSSR count). The Hall–Kier alpha value is -0.970. The Bertz CT molecular complexity index is 321. The smallest absolute Gasteiger partial charge is 0.127 e. The summed E-state index contributed by atoms with van der Waals surface area (Å²) < 4.78 is 10.4. The number of methoxy groups -OCH3 is 2. The maximum atomic E-state index is 5.97. The molecule has 0 bridgehead atoms. The van der Waals surface area contributed by atoms with Gasteiger partial charge in [-0.25, -0.2) is 0 Å². The van der Waals surface area contributed by atoms with E-state index >= 15 is 0 Å². The topological polar surface area (TPSA) is 70.5 Å². The molecule has 92 valence electrons. The second-order valence-electron chi connectivity index (χ2n) is 3.29. The molecule has 0 aromatic heterocycles. The van der Waals surface area contributed by atoms with Gasteiger partial charge < -0.3 is 20.9 Å². The van der Waals surface area contributed by atoms with Crippen LogP contribution in [-0.2, 0) is 0 Å². The third-order valence-electron chi connectivity index (χ3n) is 2.32. The zero-order valence-electron chi connectivity index (χ0n) is 9.60. The van der Waals surface area contributed by atoms with E-state index in [1.54, 1.807) is 14.2 Å². The number of benzene rings is 1. The van der Waals surface area contributed by atoms with Crippen molar-refractivity contribution in [1.29, 1.82) is 0 Å². The van der Waals surface area contributed by atoms with Gasteiger partial charge in [-0.05, 0) is 19.0 Å². The highest BCUT2D eigenvalue weighted by Gasteiger charge is 2.11. The average molecular weight is 247 g/mol. The summed E-state index contributed by atoms with van der Waals surface area (Å²) in [7, 11) is 3.24. The minimum Gasteiger partial charge on any atom is -0.497 e. The number of rotatable bonds is 5. The zero-order valence-corrected chi connectivity index (χ0v) is 10.4. The first kappa shape index (κ1) is 15.0. The predicted octanol–water partition coefficient (Wildman–Crippen LogP) is 1.47. The highest BCUT2D eigenvalue weighted by Crippen LogP contribution is 2.29. The van der Waals surface area contributed by atoms with E-state index in [-0.39, 0.29) is 18.4 Å². The van der Waals surface area contributed by atoms with Gasteiger partial charge in [-0.15, -0.1) is 12.4 Å². The molecule has 0 heterocycles. The first-order valence-electron chi connectivity index (χ1n) is 4.90. The number of hydrogen-bond donors (Lipinski definition) is 2. The summed E-state index contributed by atoms with van der Waals surface area (Å²) in [6.45, 7) is 0.566. The quantitative estimate of drug-likeness (QED) is 0.826. The van der Waals surface area contributed by atoms with E-state index < -0.39 is 0 Å². The van der Waals surface area contributed by atoms with Crippen molar-refractivity contribution in [2.24, 2.45) is 11.5 Å². The third kappa shape index (κ3) is 3.56. The molecule has 0 spiro atoms. The fourth-order valence-corrected chi connectivity index (χ4v) is 1.46. The number of ether oxygens (including phenoxy) is 2. The molecule has 16 heavy (non-hydrogen) atoms. The van der Waals surface area contributed by atoms with Crippen molar-refractivity contribution in [3.8, 4) is 11.5 Å². The summed E-state index contributed by atoms with van der Waals surface area (Å²) in [5.74, 6) is 1.51. The minimum absolute atomic E-state index is 0. The second kappa shape index (κ2) is 7.33. The summed E-state index contributed by atoms with van der Waals surface area (Å²) in [4.78, 5) is 0. The molecule has 1 atom stereocenters. The van der Waals surface area contributed by atoms with E-state index in [0.717, 1.165) is 23.5 Å². The van der Waals surface area contributed by atoms with Crippen molar-refractivity contribution >= 4 is 12.4 Å². The fraction of sp³-hybridized carbons (Fsp3) is 0.455. The van der Waals surface area contributed by atoms with E-state index in [9.17, 15) is 0 Å². The van der Waals surface area contributed by atoms with E-state index in [1.165, 1.54) is 0 Å². The Morgan fingerprint density at radius 2 is 1.94 bits per heavy atom. The second-order valence-corrected chi connectivity index (χ2v) is 3.29. The molecule has 0 unspecified atom stereocenters. The van der Waals surface area contributed by atoms with Gasteiger partial charge in [-0.2, -0.15) is 0 Å². The lowest BCUT2D eigenvalue weighted by Crippen LogP contribution is -2.16. The van der Waals surface area contributed by atoms with E-state index in [1.807, 2.05) is 18.2 Å². The molecule has 4 N–H and O–H groups in total. The number of hydrogen-bond acceptors (Lipinski definition) is 4. The molecule has 0 saturated heterocycles. The largest absolute Gasteiger partial charge is 0.497 e. The Morgan fingerprint density at radius 3 is 2.44 bits per heavy atom. The van der Waals surface area contributed by atoms with Gasteiger partial charge in [0.1, 0.15) is 11.5 Å². The van der Waals surface area contributed by atoms with Gasteiger partial charge >= 0.3 is 0 Å². The SMILES string of the molecule is COc1ccc([C@@H](N)CCN)c(OC)c1.Cl. The van der Waals surface area contributed by atoms with Crippen molar-refractivity contribution in [3.63, 3.8) is 0 Å². The lowest BCUT2D eigenvalue weighted by molar-refractivity contribution is 0.387. The van der Waals surface area contributed by atoms with Crippen LogP contribution in [0.3, 0.4) is 0 Å². The van der Waals surface area contributed by atoms with Crippen LogP contribution in [-0.4, -0.2) is 20.8 Å². The van der Waals surface area contributed by atoms with E-state index in [0.29, 0.717) is 6.54 Å². The standard InChI is InChI=1S/C11H18N2O2.ClH/c1-14-8-3-4-9(10(13)5-6-12)11(7-8)15-2;/h3-4,7,10H,5-6,12-13H2,1-2H3;1H/t10-;/m0./s1. The first-order chi connectivity index (χ1) is 7.22. The van der Waals surface area contributed by atoms with Gasteiger partial charge in [0.25, 0.3) is 0 Å². The highest BCUT2D eigenvalue weighted by atomic mass is 35.5. The summed E-state index contributed by atoms with van der Waals surface area (Å²) in [5, 5.41) is 0. The van der Waals surface area contributed by atoms with Gasteiger partial charge in [-0.3, -0.25) is 0 Å². The van der Waals surface area contributed by atoms with Gasteiger partial charge in [0.2, 0.25) is 0 Å². The molecule has 0 saturated carbocycles. The number of nitrogens with two attached hydrogens (primary N) is 2. The number of halogens is 1. The maximum Gasteiger partial charge on any atom is 0.127 e. The average Bonchev–Trinajstić information content (AvgIpc) is 2.28.